The zero-order chi connectivity index (χ0) is 15.6. The summed E-state index contributed by atoms with van der Waals surface area (Å²) in [5, 5.41) is 18.3. The van der Waals surface area contributed by atoms with Crippen molar-refractivity contribution in [1.82, 2.24) is 4.57 Å². The van der Waals surface area contributed by atoms with Crippen LogP contribution >= 0.6 is 15.9 Å². The minimum absolute atomic E-state index is 0.0173. The molecule has 21 heavy (non-hydrogen) atoms. The van der Waals surface area contributed by atoms with Gasteiger partial charge in [-0.1, -0.05) is 15.9 Å². The van der Waals surface area contributed by atoms with Crippen LogP contribution in [0.25, 0.3) is 5.69 Å². The average Bonchev–Trinajstić information content (AvgIpc) is 2.83. The Kier molecular flexibility index (Phi) is 3.97. The summed E-state index contributed by atoms with van der Waals surface area (Å²) in [6.07, 6.45) is 1.41. The topological polar surface area (TPSA) is 105 Å². The number of nitrogens with two attached hydrogens (primary N) is 1. The molecule has 104 valence electrons. The number of esters is 1. The van der Waals surface area contributed by atoms with E-state index in [9.17, 15) is 10.1 Å². The molecule has 2 N–H and O–H groups in total. The molecule has 0 aliphatic heterocycles. The number of aromatic nitrogens is 1. The van der Waals surface area contributed by atoms with Crippen molar-refractivity contribution in [3.63, 3.8) is 0 Å². The smallest absolute Gasteiger partial charge is 0.357 e. The van der Waals surface area contributed by atoms with E-state index in [4.69, 9.17) is 15.7 Å². The summed E-state index contributed by atoms with van der Waals surface area (Å²) in [5.41, 5.74) is 6.76. The third-order valence-electron chi connectivity index (χ3n) is 2.88. The second-order valence-corrected chi connectivity index (χ2v) is 4.97. The molecule has 1 aromatic heterocycles. The Bertz CT molecular complexity index is 812. The normalized spacial score (nSPS) is 9.71. The van der Waals surface area contributed by atoms with Crippen LogP contribution in [0.15, 0.2) is 28.9 Å². The van der Waals surface area contributed by atoms with Gasteiger partial charge in [0.2, 0.25) is 0 Å². The number of nitrogen functional groups attached to an aromatic ring is 1. The molecule has 0 atom stereocenters. The highest BCUT2D eigenvalue weighted by Gasteiger charge is 2.23. The first-order valence-electron chi connectivity index (χ1n) is 5.72. The van der Waals surface area contributed by atoms with E-state index in [0.29, 0.717) is 11.3 Å². The van der Waals surface area contributed by atoms with Gasteiger partial charge in [0.05, 0.1) is 29.6 Å². The van der Waals surface area contributed by atoms with Gasteiger partial charge in [-0.15, -0.1) is 0 Å². The van der Waals surface area contributed by atoms with Crippen molar-refractivity contribution in [2.75, 3.05) is 12.8 Å². The van der Waals surface area contributed by atoms with E-state index in [-0.39, 0.29) is 16.9 Å². The van der Waals surface area contributed by atoms with Crippen LogP contribution in [0.1, 0.15) is 21.6 Å². The number of carbonyl (C=O) groups is 1. The SMILES string of the molecule is COC(=O)c1c(N)c(C#N)cn1-c1cc(Br)ccc1C#N. The van der Waals surface area contributed by atoms with Crippen LogP contribution in [0.4, 0.5) is 5.69 Å². The molecule has 1 heterocycles. The molecule has 2 rings (SSSR count). The monoisotopic (exact) mass is 344 g/mol. The van der Waals surface area contributed by atoms with Crippen LogP contribution in [0.2, 0.25) is 0 Å². The van der Waals surface area contributed by atoms with E-state index >= 15 is 0 Å². The van der Waals surface area contributed by atoms with E-state index in [1.54, 1.807) is 18.2 Å². The van der Waals surface area contributed by atoms with Gasteiger partial charge in [-0.2, -0.15) is 10.5 Å². The van der Waals surface area contributed by atoms with Crippen LogP contribution in [-0.2, 0) is 4.74 Å². The third-order valence-corrected chi connectivity index (χ3v) is 3.38. The highest BCUT2D eigenvalue weighted by Crippen LogP contribution is 2.28. The number of ether oxygens (including phenoxy) is 1. The number of nitriles is 2. The average molecular weight is 345 g/mol. The van der Waals surface area contributed by atoms with Crippen molar-refractivity contribution in [3.8, 4) is 17.8 Å². The molecule has 0 unspecified atom stereocenters. The molecule has 0 radical (unpaired) electrons. The third kappa shape index (κ3) is 2.47. The number of nitrogens with zero attached hydrogens (tertiary/aromatic N) is 3. The van der Waals surface area contributed by atoms with E-state index in [1.807, 2.05) is 12.1 Å². The molecule has 0 fully saturated rings. The maximum atomic E-state index is 11.9. The second kappa shape index (κ2) is 5.70. The number of benzene rings is 1. The van der Waals surface area contributed by atoms with Gasteiger partial charge in [0.1, 0.15) is 12.1 Å². The maximum Gasteiger partial charge on any atom is 0.357 e. The summed E-state index contributed by atoms with van der Waals surface area (Å²) < 4.78 is 6.81. The summed E-state index contributed by atoms with van der Waals surface area (Å²) in [4.78, 5) is 11.9. The molecule has 0 aliphatic carbocycles. The molecule has 1 aromatic carbocycles. The van der Waals surface area contributed by atoms with Crippen molar-refractivity contribution in [2.24, 2.45) is 0 Å². The lowest BCUT2D eigenvalue weighted by Gasteiger charge is -2.10. The van der Waals surface area contributed by atoms with Crippen molar-refractivity contribution in [1.29, 1.82) is 10.5 Å². The lowest BCUT2D eigenvalue weighted by Crippen LogP contribution is -2.11. The Balaban J connectivity index is 2.82. The number of halogens is 1. The maximum absolute atomic E-state index is 11.9. The molecule has 0 amide bonds. The minimum atomic E-state index is -0.683. The van der Waals surface area contributed by atoms with Crippen molar-refractivity contribution >= 4 is 27.6 Å². The highest BCUT2D eigenvalue weighted by molar-refractivity contribution is 9.10. The van der Waals surface area contributed by atoms with Gasteiger partial charge >= 0.3 is 5.97 Å². The lowest BCUT2D eigenvalue weighted by atomic mass is 10.2. The fourth-order valence-corrected chi connectivity index (χ4v) is 2.25. The number of methoxy groups -OCH3 is 1. The molecule has 0 bridgehead atoms. The lowest BCUT2D eigenvalue weighted by molar-refractivity contribution is 0.0593. The van der Waals surface area contributed by atoms with Gasteiger partial charge in [-0.25, -0.2) is 4.79 Å². The predicted octanol–water partition coefficient (Wildman–Crippen LogP) is 2.35. The van der Waals surface area contributed by atoms with Crippen LogP contribution in [0.3, 0.4) is 0 Å². The summed E-state index contributed by atoms with van der Waals surface area (Å²) in [6.45, 7) is 0. The number of anilines is 1. The highest BCUT2D eigenvalue weighted by atomic mass is 79.9. The number of carbonyl (C=O) groups excluding carboxylic acids is 1. The van der Waals surface area contributed by atoms with Crippen molar-refractivity contribution in [2.45, 2.75) is 0 Å². The summed E-state index contributed by atoms with van der Waals surface area (Å²) in [7, 11) is 1.22. The first-order valence-corrected chi connectivity index (χ1v) is 6.52. The van der Waals surface area contributed by atoms with E-state index in [1.165, 1.54) is 17.9 Å². The first-order chi connectivity index (χ1) is 10.0. The van der Waals surface area contributed by atoms with Gasteiger partial charge < -0.3 is 15.0 Å². The van der Waals surface area contributed by atoms with Gasteiger partial charge in [-0.05, 0) is 18.2 Å². The molecule has 0 aliphatic rings. The summed E-state index contributed by atoms with van der Waals surface area (Å²) in [5.74, 6) is -0.683. The Morgan fingerprint density at radius 3 is 2.57 bits per heavy atom. The van der Waals surface area contributed by atoms with Crippen LogP contribution in [0, 0.1) is 22.7 Å². The van der Waals surface area contributed by atoms with Gasteiger partial charge in [0, 0.05) is 10.7 Å². The quantitative estimate of drug-likeness (QED) is 0.841. The number of hydrogen-bond acceptors (Lipinski definition) is 5. The molecule has 0 spiro atoms. The van der Waals surface area contributed by atoms with Gasteiger partial charge in [-0.3, -0.25) is 0 Å². The van der Waals surface area contributed by atoms with E-state index in [0.717, 1.165) is 4.47 Å². The van der Waals surface area contributed by atoms with Crippen LogP contribution < -0.4 is 5.73 Å². The van der Waals surface area contributed by atoms with Crippen molar-refractivity contribution < 1.29 is 9.53 Å². The molecule has 6 nitrogen and oxygen atoms in total. The number of rotatable bonds is 2. The van der Waals surface area contributed by atoms with Crippen LogP contribution in [-0.4, -0.2) is 17.6 Å². The van der Waals surface area contributed by atoms with Gasteiger partial charge in [0.15, 0.2) is 5.69 Å². The second-order valence-electron chi connectivity index (χ2n) is 4.05. The van der Waals surface area contributed by atoms with E-state index < -0.39 is 5.97 Å². The predicted molar refractivity (Wildman–Crippen MR) is 78.7 cm³/mol. The zero-order valence-corrected chi connectivity index (χ0v) is 12.5. The fraction of sp³-hybridized carbons (Fsp3) is 0.0714. The molecule has 0 saturated carbocycles. The molecule has 0 saturated heterocycles. The first kappa shape index (κ1) is 14.6. The molecule has 2 aromatic rings. The molecule has 7 heteroatoms. The Labute approximate surface area is 129 Å². The zero-order valence-electron chi connectivity index (χ0n) is 10.9. The van der Waals surface area contributed by atoms with E-state index in [2.05, 4.69) is 15.9 Å². The summed E-state index contributed by atoms with van der Waals surface area (Å²) >= 11 is 3.31. The minimum Gasteiger partial charge on any atom is -0.464 e. The fourth-order valence-electron chi connectivity index (χ4n) is 1.90. The van der Waals surface area contributed by atoms with Crippen LogP contribution in [0.5, 0.6) is 0 Å². The Morgan fingerprint density at radius 1 is 1.33 bits per heavy atom. The Hall–Kier alpha value is -2.77. The Morgan fingerprint density at radius 2 is 2.00 bits per heavy atom. The molecular weight excluding hydrogens is 336 g/mol. The van der Waals surface area contributed by atoms with Crippen molar-refractivity contribution in [3.05, 3.63) is 45.7 Å². The summed E-state index contributed by atoms with van der Waals surface area (Å²) in [6, 6.07) is 8.91. The molecular formula is C14H9BrN4O2. The standard InChI is InChI=1S/C14H9BrN4O2/c1-21-14(20)13-12(18)9(6-17)7-19(13)11-4-10(15)3-2-8(11)5-16/h2-4,7H,18H2,1H3. The number of hydrogen-bond donors (Lipinski definition) is 1. The largest absolute Gasteiger partial charge is 0.464 e. The van der Waals surface area contributed by atoms with Gasteiger partial charge in [0.25, 0.3) is 0 Å².